The summed E-state index contributed by atoms with van der Waals surface area (Å²) >= 11 is 0. The Morgan fingerprint density at radius 3 is 1.73 bits per heavy atom. The summed E-state index contributed by atoms with van der Waals surface area (Å²) in [6, 6.07) is 0. The van der Waals surface area contributed by atoms with Crippen molar-refractivity contribution in [1.82, 2.24) is 0 Å². The van der Waals surface area contributed by atoms with Gasteiger partial charge in [-0.2, -0.15) is 0 Å². The van der Waals surface area contributed by atoms with Gasteiger partial charge in [0.2, 0.25) is 8.07 Å². The monoisotopic (exact) mass is 382 g/mol. The zero-order valence-corrected chi connectivity index (χ0v) is 18.6. The van der Waals surface area contributed by atoms with Crippen molar-refractivity contribution in [3.8, 4) is 0 Å². The summed E-state index contributed by atoms with van der Waals surface area (Å²) in [6.07, 6.45) is 15.7. The SMILES string of the molecule is CCCCCCCC(=O)[Si](C)(C(=O)CCCCCCC)C1CCCCO1. The van der Waals surface area contributed by atoms with Gasteiger partial charge in [-0.15, -0.1) is 0 Å². The first kappa shape index (κ1) is 23.6. The van der Waals surface area contributed by atoms with Gasteiger partial charge in [-0.25, -0.2) is 0 Å². The van der Waals surface area contributed by atoms with E-state index in [9.17, 15) is 9.59 Å². The molecule has 4 heteroatoms. The molecule has 152 valence electrons. The van der Waals surface area contributed by atoms with Gasteiger partial charge < -0.3 is 14.3 Å². The standard InChI is InChI=1S/C22H42O3Si/c1-4-6-8-10-12-16-20(23)26(3,22-18-14-15-19-25-22)21(24)17-13-11-9-7-5-2/h22H,4-19H2,1-3H3. The molecule has 0 spiro atoms. The molecule has 0 aromatic heterocycles. The Hall–Kier alpha value is -0.483. The maximum atomic E-state index is 13.1. The highest BCUT2D eigenvalue weighted by Crippen LogP contribution is 2.27. The molecule has 1 unspecified atom stereocenters. The van der Waals surface area contributed by atoms with Crippen molar-refractivity contribution in [3.05, 3.63) is 0 Å². The molecular formula is C22H42O3Si. The molecule has 0 saturated carbocycles. The van der Waals surface area contributed by atoms with Gasteiger partial charge in [-0.05, 0) is 32.1 Å². The van der Waals surface area contributed by atoms with E-state index in [0.717, 1.165) is 51.6 Å². The average Bonchev–Trinajstić information content (AvgIpc) is 2.67. The van der Waals surface area contributed by atoms with E-state index in [4.69, 9.17) is 4.74 Å². The maximum absolute atomic E-state index is 13.1. The zero-order chi connectivity index (χ0) is 19.3. The quantitative estimate of drug-likeness (QED) is 0.253. The number of hydrogen-bond acceptors (Lipinski definition) is 3. The summed E-state index contributed by atoms with van der Waals surface area (Å²) in [5, 5.41) is 0.527. The molecule has 1 fully saturated rings. The second-order valence-electron chi connectivity index (χ2n) is 8.23. The second-order valence-corrected chi connectivity index (χ2v) is 12.4. The number of hydrogen-bond donors (Lipinski definition) is 0. The fraction of sp³-hybridized carbons (Fsp3) is 0.909. The van der Waals surface area contributed by atoms with Gasteiger partial charge in [0, 0.05) is 19.4 Å². The van der Waals surface area contributed by atoms with E-state index >= 15 is 0 Å². The molecule has 0 amide bonds. The molecule has 0 aromatic carbocycles. The van der Waals surface area contributed by atoms with Gasteiger partial charge in [0.05, 0.1) is 5.73 Å². The molecule has 0 aromatic rings. The van der Waals surface area contributed by atoms with Gasteiger partial charge in [0.1, 0.15) is 10.8 Å². The van der Waals surface area contributed by atoms with Crippen LogP contribution >= 0.6 is 0 Å². The Labute approximate surface area is 162 Å². The van der Waals surface area contributed by atoms with Crippen molar-refractivity contribution in [2.75, 3.05) is 6.61 Å². The number of unbranched alkanes of at least 4 members (excludes halogenated alkanes) is 8. The van der Waals surface area contributed by atoms with Crippen LogP contribution in [0.1, 0.15) is 110 Å². The third-order valence-electron chi connectivity index (χ3n) is 6.00. The van der Waals surface area contributed by atoms with Gasteiger partial charge in [-0.3, -0.25) is 0 Å². The van der Waals surface area contributed by atoms with Crippen LogP contribution in [-0.2, 0) is 14.3 Å². The predicted molar refractivity (Wildman–Crippen MR) is 112 cm³/mol. The smallest absolute Gasteiger partial charge is 0.234 e. The van der Waals surface area contributed by atoms with E-state index in [1.165, 1.54) is 38.5 Å². The van der Waals surface area contributed by atoms with Crippen LogP contribution in [0, 0.1) is 0 Å². The first-order valence-electron chi connectivity index (χ1n) is 11.3. The summed E-state index contributed by atoms with van der Waals surface area (Å²) in [7, 11) is -2.69. The largest absolute Gasteiger partial charge is 0.380 e. The van der Waals surface area contributed by atoms with Crippen LogP contribution in [0.25, 0.3) is 0 Å². The highest BCUT2D eigenvalue weighted by Gasteiger charge is 2.50. The Morgan fingerprint density at radius 1 is 0.808 bits per heavy atom. The summed E-state index contributed by atoms with van der Waals surface area (Å²) in [6.45, 7) is 7.15. The molecule has 1 saturated heterocycles. The van der Waals surface area contributed by atoms with Crippen LogP contribution in [0.2, 0.25) is 6.55 Å². The minimum absolute atomic E-state index is 0.0671. The Kier molecular flexibility index (Phi) is 12.4. The molecule has 1 atom stereocenters. The lowest BCUT2D eigenvalue weighted by Crippen LogP contribution is -2.61. The molecule has 1 aliphatic heterocycles. The maximum Gasteiger partial charge on any atom is 0.234 e. The fourth-order valence-corrected chi connectivity index (χ4v) is 7.66. The highest BCUT2D eigenvalue weighted by atomic mass is 28.3. The van der Waals surface area contributed by atoms with Crippen molar-refractivity contribution < 1.29 is 14.3 Å². The number of carbonyl (C=O) groups is 2. The van der Waals surface area contributed by atoms with Gasteiger partial charge >= 0.3 is 0 Å². The summed E-state index contributed by atoms with van der Waals surface area (Å²) in [5.74, 6) is 0. The Morgan fingerprint density at radius 2 is 1.31 bits per heavy atom. The van der Waals surface area contributed by atoms with E-state index in [-0.39, 0.29) is 16.5 Å². The molecule has 1 aliphatic rings. The lowest BCUT2D eigenvalue weighted by Gasteiger charge is -2.35. The van der Waals surface area contributed by atoms with Crippen molar-refractivity contribution in [2.45, 2.75) is 122 Å². The van der Waals surface area contributed by atoms with Gasteiger partial charge in [-0.1, -0.05) is 71.8 Å². The van der Waals surface area contributed by atoms with Gasteiger partial charge in [0.25, 0.3) is 0 Å². The average molecular weight is 383 g/mol. The number of rotatable bonds is 15. The fourth-order valence-electron chi connectivity index (χ4n) is 4.01. The molecule has 0 bridgehead atoms. The highest BCUT2D eigenvalue weighted by molar-refractivity contribution is 7.25. The molecule has 26 heavy (non-hydrogen) atoms. The molecule has 1 rings (SSSR count). The van der Waals surface area contributed by atoms with Crippen molar-refractivity contribution >= 4 is 18.9 Å². The molecule has 1 heterocycles. The topological polar surface area (TPSA) is 43.4 Å². The van der Waals surface area contributed by atoms with Crippen LogP contribution in [0.4, 0.5) is 0 Å². The minimum atomic E-state index is -2.69. The van der Waals surface area contributed by atoms with E-state index in [2.05, 4.69) is 13.8 Å². The third-order valence-corrected chi connectivity index (χ3v) is 10.6. The van der Waals surface area contributed by atoms with E-state index in [1.54, 1.807) is 0 Å². The van der Waals surface area contributed by atoms with Crippen LogP contribution in [0.5, 0.6) is 0 Å². The first-order valence-corrected chi connectivity index (χ1v) is 13.8. The van der Waals surface area contributed by atoms with Crippen molar-refractivity contribution in [2.24, 2.45) is 0 Å². The van der Waals surface area contributed by atoms with Crippen LogP contribution in [0.3, 0.4) is 0 Å². The van der Waals surface area contributed by atoms with Crippen LogP contribution < -0.4 is 0 Å². The summed E-state index contributed by atoms with van der Waals surface area (Å²) in [4.78, 5) is 26.3. The Bertz CT molecular complexity index is 376. The first-order chi connectivity index (χ1) is 12.6. The number of carbonyl (C=O) groups excluding carboxylic acids is 2. The molecule has 0 N–H and O–H groups in total. The number of ether oxygens (including phenoxy) is 1. The van der Waals surface area contributed by atoms with E-state index in [0.29, 0.717) is 12.8 Å². The minimum Gasteiger partial charge on any atom is -0.380 e. The lowest BCUT2D eigenvalue weighted by molar-refractivity contribution is -0.117. The van der Waals surface area contributed by atoms with Gasteiger partial charge in [0.15, 0.2) is 0 Å². The summed E-state index contributed by atoms with van der Waals surface area (Å²) in [5.41, 5.74) is -0.0671. The third kappa shape index (κ3) is 7.64. The van der Waals surface area contributed by atoms with E-state index < -0.39 is 8.07 Å². The second kappa shape index (κ2) is 13.7. The van der Waals surface area contributed by atoms with Crippen molar-refractivity contribution in [1.29, 1.82) is 0 Å². The molecule has 0 aliphatic carbocycles. The molecule has 3 nitrogen and oxygen atoms in total. The Balaban J connectivity index is 2.62. The predicted octanol–water partition coefficient (Wildman–Crippen LogP) is 6.11. The van der Waals surface area contributed by atoms with Crippen LogP contribution in [0.15, 0.2) is 0 Å². The summed E-state index contributed by atoms with van der Waals surface area (Å²) < 4.78 is 6.00. The van der Waals surface area contributed by atoms with Crippen molar-refractivity contribution in [3.63, 3.8) is 0 Å². The van der Waals surface area contributed by atoms with E-state index in [1.807, 2.05) is 6.55 Å². The molecular weight excluding hydrogens is 340 g/mol. The lowest BCUT2D eigenvalue weighted by atomic mass is 10.1. The molecule has 0 radical (unpaired) electrons. The zero-order valence-electron chi connectivity index (χ0n) is 17.6. The normalized spacial score (nSPS) is 18.0. The van der Waals surface area contributed by atoms with Crippen LogP contribution in [-0.4, -0.2) is 31.2 Å².